The van der Waals surface area contributed by atoms with Crippen LogP contribution in [-0.4, -0.2) is 64.6 Å². The van der Waals surface area contributed by atoms with Crippen molar-refractivity contribution in [1.82, 2.24) is 15.0 Å². The molecule has 2 heterocycles. The van der Waals surface area contributed by atoms with Crippen LogP contribution in [0.1, 0.15) is 16.7 Å². The quantitative estimate of drug-likeness (QED) is 0.240. The highest BCUT2D eigenvalue weighted by molar-refractivity contribution is 5.88. The van der Waals surface area contributed by atoms with Crippen molar-refractivity contribution in [1.29, 1.82) is 0 Å². The van der Waals surface area contributed by atoms with Crippen LogP contribution in [0.15, 0.2) is 35.4 Å². The Kier molecular flexibility index (Phi) is 7.39. The van der Waals surface area contributed by atoms with Crippen molar-refractivity contribution in [2.75, 3.05) is 49.1 Å². The van der Waals surface area contributed by atoms with Crippen LogP contribution in [0.2, 0.25) is 0 Å². The Bertz CT molecular complexity index is 1290. The van der Waals surface area contributed by atoms with E-state index in [0.29, 0.717) is 38.2 Å². The van der Waals surface area contributed by atoms with Gasteiger partial charge in [0.1, 0.15) is 0 Å². The predicted molar refractivity (Wildman–Crippen MR) is 135 cm³/mol. The highest BCUT2D eigenvalue weighted by atomic mass is 16.6. The smallest absolute Gasteiger partial charge is 0.323 e. The number of nitro benzene ring substituents is 1. The highest BCUT2D eigenvalue weighted by Gasteiger charge is 2.23. The fourth-order valence-corrected chi connectivity index (χ4v) is 3.60. The average Bonchev–Trinajstić information content (AvgIpc) is 2.87. The molecule has 3 aromatic rings. The van der Waals surface area contributed by atoms with Gasteiger partial charge >= 0.3 is 5.69 Å². The van der Waals surface area contributed by atoms with Crippen LogP contribution in [0, 0.1) is 24.0 Å². The molecule has 36 heavy (non-hydrogen) atoms. The van der Waals surface area contributed by atoms with Gasteiger partial charge in [-0.3, -0.25) is 10.1 Å². The molecule has 2 aromatic carbocycles. The molecule has 1 fully saturated rings. The molecule has 1 saturated heterocycles. The number of hydrogen-bond donors (Lipinski definition) is 3. The lowest BCUT2D eigenvalue weighted by atomic mass is 10.1. The molecule has 1 aliphatic rings. The number of nitrogens with one attached hydrogen (secondary N) is 2. The Balaban J connectivity index is 1.64. The van der Waals surface area contributed by atoms with Crippen molar-refractivity contribution in [3.05, 3.63) is 57.1 Å². The number of phenols is 1. The number of nitro groups is 1. The summed E-state index contributed by atoms with van der Waals surface area (Å²) in [5, 5.41) is 28.8. The summed E-state index contributed by atoms with van der Waals surface area (Å²) in [6.07, 6.45) is 1.23. The molecule has 0 radical (unpaired) electrons. The first-order valence-corrected chi connectivity index (χ1v) is 11.1. The molecular weight excluding hydrogens is 468 g/mol. The van der Waals surface area contributed by atoms with E-state index >= 15 is 0 Å². The van der Waals surface area contributed by atoms with Crippen LogP contribution >= 0.6 is 0 Å². The van der Waals surface area contributed by atoms with Crippen molar-refractivity contribution in [2.24, 2.45) is 5.10 Å². The van der Waals surface area contributed by atoms with Crippen LogP contribution in [0.25, 0.3) is 0 Å². The second-order valence-corrected chi connectivity index (χ2v) is 8.01. The minimum atomic E-state index is -0.647. The molecule has 4 rings (SSSR count). The molecule has 1 aliphatic heterocycles. The molecule has 0 atom stereocenters. The van der Waals surface area contributed by atoms with E-state index in [1.165, 1.54) is 25.5 Å². The summed E-state index contributed by atoms with van der Waals surface area (Å²) in [4.78, 5) is 26.3. The number of rotatable bonds is 8. The number of phenolic OH excluding ortho intramolecular Hbond substituents is 1. The van der Waals surface area contributed by atoms with E-state index in [2.05, 4.69) is 30.8 Å². The second-order valence-electron chi connectivity index (χ2n) is 8.01. The Labute approximate surface area is 207 Å². The summed E-state index contributed by atoms with van der Waals surface area (Å²) in [5.41, 5.74) is 5.40. The normalized spacial score (nSPS) is 13.6. The minimum absolute atomic E-state index is 0.123. The van der Waals surface area contributed by atoms with E-state index in [1.54, 1.807) is 0 Å². The molecule has 0 saturated carbocycles. The van der Waals surface area contributed by atoms with Crippen molar-refractivity contribution in [3.63, 3.8) is 0 Å². The fourth-order valence-electron chi connectivity index (χ4n) is 3.60. The first kappa shape index (κ1) is 24.6. The molecule has 1 aromatic heterocycles. The Hall–Kier alpha value is -4.52. The van der Waals surface area contributed by atoms with E-state index in [-0.39, 0.29) is 23.0 Å². The fraction of sp³-hybridized carbons (Fsp3) is 0.304. The zero-order valence-electron chi connectivity index (χ0n) is 20.1. The van der Waals surface area contributed by atoms with Gasteiger partial charge in [-0.25, -0.2) is 5.43 Å². The van der Waals surface area contributed by atoms with Crippen LogP contribution < -0.4 is 20.4 Å². The summed E-state index contributed by atoms with van der Waals surface area (Å²) in [5.74, 6) is 0.304. The standard InChI is InChI=1S/C23H26N8O5/c1-14-4-5-15(2)17(12-14)25-21-26-22(28-23(27-21)30-8-10-36-11-9-30)29-24-13-16-6-7-18(32)20(35-3)19(16)31(33)34/h4-7,12-13,32H,8-11H2,1-3H3,(H2,25,26,27,28,29)/b24-13-. The van der Waals surface area contributed by atoms with Crippen molar-refractivity contribution in [3.8, 4) is 11.5 Å². The van der Waals surface area contributed by atoms with Crippen LogP contribution in [0.5, 0.6) is 11.5 Å². The Morgan fingerprint density at radius 2 is 1.92 bits per heavy atom. The second kappa shape index (κ2) is 10.8. The van der Waals surface area contributed by atoms with Gasteiger partial charge in [0.25, 0.3) is 0 Å². The number of aromatic nitrogens is 3. The van der Waals surface area contributed by atoms with Gasteiger partial charge in [0.15, 0.2) is 5.75 Å². The van der Waals surface area contributed by atoms with Gasteiger partial charge in [0.2, 0.25) is 23.6 Å². The van der Waals surface area contributed by atoms with Crippen LogP contribution in [-0.2, 0) is 4.74 Å². The summed E-state index contributed by atoms with van der Waals surface area (Å²) in [7, 11) is 1.24. The monoisotopic (exact) mass is 494 g/mol. The maximum absolute atomic E-state index is 11.6. The number of aromatic hydroxyl groups is 1. The maximum atomic E-state index is 11.6. The summed E-state index contributed by atoms with van der Waals surface area (Å²) >= 11 is 0. The van der Waals surface area contributed by atoms with Gasteiger partial charge in [-0.1, -0.05) is 12.1 Å². The van der Waals surface area contributed by atoms with Gasteiger partial charge in [-0.05, 0) is 43.2 Å². The van der Waals surface area contributed by atoms with Gasteiger partial charge in [-0.2, -0.15) is 20.1 Å². The van der Waals surface area contributed by atoms with E-state index in [4.69, 9.17) is 9.47 Å². The summed E-state index contributed by atoms with van der Waals surface area (Å²) < 4.78 is 10.4. The lowest BCUT2D eigenvalue weighted by Crippen LogP contribution is -2.37. The van der Waals surface area contributed by atoms with Gasteiger partial charge in [0, 0.05) is 18.8 Å². The van der Waals surface area contributed by atoms with Gasteiger partial charge in [0.05, 0.1) is 37.0 Å². The first-order valence-electron chi connectivity index (χ1n) is 11.1. The number of methoxy groups -OCH3 is 1. The van der Waals surface area contributed by atoms with Crippen molar-refractivity contribution >= 4 is 35.4 Å². The topological polar surface area (TPSA) is 160 Å². The summed E-state index contributed by atoms with van der Waals surface area (Å²) in [6.45, 7) is 6.33. The molecule has 0 aliphatic carbocycles. The predicted octanol–water partition coefficient (Wildman–Crippen LogP) is 3.14. The van der Waals surface area contributed by atoms with E-state index in [1.807, 2.05) is 36.9 Å². The lowest BCUT2D eigenvalue weighted by Gasteiger charge is -2.27. The molecule has 188 valence electrons. The van der Waals surface area contributed by atoms with Crippen LogP contribution in [0.3, 0.4) is 0 Å². The van der Waals surface area contributed by atoms with Gasteiger partial charge < -0.3 is 24.8 Å². The van der Waals surface area contributed by atoms with Crippen molar-refractivity contribution < 1.29 is 19.5 Å². The molecule has 0 amide bonds. The number of nitrogens with zero attached hydrogens (tertiary/aromatic N) is 6. The third-order valence-electron chi connectivity index (χ3n) is 5.45. The van der Waals surface area contributed by atoms with E-state index < -0.39 is 10.6 Å². The Morgan fingerprint density at radius 1 is 1.17 bits per heavy atom. The molecule has 0 bridgehead atoms. The Morgan fingerprint density at radius 3 is 2.64 bits per heavy atom. The number of hydrazone groups is 1. The largest absolute Gasteiger partial charge is 0.504 e. The number of anilines is 4. The average molecular weight is 495 g/mol. The molecular formula is C23H26N8O5. The number of hydrogen-bond acceptors (Lipinski definition) is 12. The number of aryl methyl sites for hydroxylation is 2. The van der Waals surface area contributed by atoms with E-state index in [9.17, 15) is 15.2 Å². The zero-order chi connectivity index (χ0) is 25.7. The lowest BCUT2D eigenvalue weighted by molar-refractivity contribution is -0.385. The molecule has 0 spiro atoms. The SMILES string of the molecule is COc1c(O)ccc(/C=N\Nc2nc(Nc3cc(C)ccc3C)nc(N3CCOCC3)n2)c1[N+](=O)[O-]. The maximum Gasteiger partial charge on any atom is 0.323 e. The molecule has 13 nitrogen and oxygen atoms in total. The number of morpholine rings is 1. The third-order valence-corrected chi connectivity index (χ3v) is 5.45. The van der Waals surface area contributed by atoms with Crippen LogP contribution in [0.4, 0.5) is 29.2 Å². The first-order chi connectivity index (χ1) is 17.4. The molecule has 3 N–H and O–H groups in total. The van der Waals surface area contributed by atoms with Crippen molar-refractivity contribution in [2.45, 2.75) is 13.8 Å². The molecule has 0 unspecified atom stereocenters. The van der Waals surface area contributed by atoms with Gasteiger partial charge in [-0.15, -0.1) is 0 Å². The third kappa shape index (κ3) is 5.58. The number of benzene rings is 2. The highest BCUT2D eigenvalue weighted by Crippen LogP contribution is 2.38. The minimum Gasteiger partial charge on any atom is -0.504 e. The summed E-state index contributed by atoms with van der Waals surface area (Å²) in [6, 6.07) is 8.67. The zero-order valence-corrected chi connectivity index (χ0v) is 20.1. The molecule has 13 heteroatoms. The number of ether oxygens (including phenoxy) is 2. The van der Waals surface area contributed by atoms with E-state index in [0.717, 1.165) is 16.8 Å².